The standard InChI is InChI=1S/C28H35N3O2/c1-29-21-23(20-26(29)32)27(33)31(24-9-3-2-4-10-24)17-7-16-30-18-14-28(15-19-30)13-12-22-8-5-6-11-25(22)28/h2-6,8-11,23H,7,12-21H2,1H3. The largest absolute Gasteiger partial charge is 0.345 e. The van der Waals surface area contributed by atoms with E-state index in [1.807, 2.05) is 35.2 Å². The van der Waals surface area contributed by atoms with Crippen LogP contribution in [0.3, 0.4) is 0 Å². The molecule has 3 aliphatic rings. The fraction of sp³-hybridized carbons (Fsp3) is 0.500. The van der Waals surface area contributed by atoms with E-state index in [1.165, 1.54) is 25.7 Å². The highest BCUT2D eigenvalue weighted by molar-refractivity contribution is 5.98. The SMILES string of the molecule is CN1CC(C(=O)N(CCCN2CCC3(CCc4ccccc43)CC2)c2ccccc2)CC1=O. The highest BCUT2D eigenvalue weighted by atomic mass is 16.2. The van der Waals surface area contributed by atoms with Crippen molar-refractivity contribution in [3.05, 3.63) is 65.7 Å². The maximum Gasteiger partial charge on any atom is 0.232 e. The smallest absolute Gasteiger partial charge is 0.232 e. The number of aryl methyl sites for hydroxylation is 1. The minimum atomic E-state index is -0.236. The summed E-state index contributed by atoms with van der Waals surface area (Å²) in [6.45, 7) is 4.50. The summed E-state index contributed by atoms with van der Waals surface area (Å²) >= 11 is 0. The number of fused-ring (bicyclic) bond motifs is 2. The van der Waals surface area contributed by atoms with E-state index in [0.29, 0.717) is 24.9 Å². The fourth-order valence-corrected chi connectivity index (χ4v) is 6.16. The zero-order valence-corrected chi connectivity index (χ0v) is 19.7. The Hall–Kier alpha value is -2.66. The highest BCUT2D eigenvalue weighted by Crippen LogP contribution is 2.46. The van der Waals surface area contributed by atoms with Crippen LogP contribution in [0.15, 0.2) is 54.6 Å². The Labute approximate surface area is 197 Å². The second kappa shape index (κ2) is 9.30. The number of carbonyl (C=O) groups excluding carboxylic acids is 2. The van der Waals surface area contributed by atoms with Crippen molar-refractivity contribution in [3.63, 3.8) is 0 Å². The summed E-state index contributed by atoms with van der Waals surface area (Å²) in [6.07, 6.45) is 6.27. The lowest BCUT2D eigenvalue weighted by Crippen LogP contribution is -2.43. The zero-order valence-electron chi connectivity index (χ0n) is 19.7. The van der Waals surface area contributed by atoms with Crippen LogP contribution in [0.2, 0.25) is 0 Å². The molecule has 1 unspecified atom stereocenters. The van der Waals surface area contributed by atoms with Gasteiger partial charge in [-0.1, -0.05) is 42.5 Å². The number of para-hydroxylation sites is 1. The molecule has 0 saturated carbocycles. The van der Waals surface area contributed by atoms with Gasteiger partial charge in [0.2, 0.25) is 11.8 Å². The number of hydrogen-bond acceptors (Lipinski definition) is 3. The Morgan fingerprint density at radius 2 is 1.76 bits per heavy atom. The number of amides is 2. The second-order valence-corrected chi connectivity index (χ2v) is 10.1. The molecule has 5 rings (SSSR count). The van der Waals surface area contributed by atoms with Crippen molar-refractivity contribution >= 4 is 17.5 Å². The maximum atomic E-state index is 13.3. The van der Waals surface area contributed by atoms with Crippen molar-refractivity contribution in [1.82, 2.24) is 9.80 Å². The Balaban J connectivity index is 1.18. The van der Waals surface area contributed by atoms with Gasteiger partial charge in [-0.05, 0) is 80.4 Å². The number of likely N-dealkylation sites (tertiary alicyclic amines) is 2. The van der Waals surface area contributed by atoms with E-state index in [-0.39, 0.29) is 17.7 Å². The third-order valence-corrected chi connectivity index (χ3v) is 8.15. The summed E-state index contributed by atoms with van der Waals surface area (Å²) in [5.74, 6) is -0.0869. The summed E-state index contributed by atoms with van der Waals surface area (Å²) in [4.78, 5) is 31.5. The molecule has 5 nitrogen and oxygen atoms in total. The second-order valence-electron chi connectivity index (χ2n) is 10.1. The van der Waals surface area contributed by atoms with Gasteiger partial charge < -0.3 is 14.7 Å². The molecule has 2 aliphatic heterocycles. The van der Waals surface area contributed by atoms with Crippen LogP contribution < -0.4 is 4.90 Å². The van der Waals surface area contributed by atoms with Gasteiger partial charge in [-0.25, -0.2) is 0 Å². The molecule has 2 aromatic rings. The first kappa shape index (κ1) is 22.1. The van der Waals surface area contributed by atoms with Gasteiger partial charge in [0.25, 0.3) is 0 Å². The number of anilines is 1. The maximum absolute atomic E-state index is 13.3. The molecule has 1 spiro atoms. The number of rotatable bonds is 6. The third kappa shape index (κ3) is 4.43. The van der Waals surface area contributed by atoms with Crippen molar-refractivity contribution in [3.8, 4) is 0 Å². The van der Waals surface area contributed by atoms with Crippen molar-refractivity contribution < 1.29 is 9.59 Å². The molecule has 33 heavy (non-hydrogen) atoms. The van der Waals surface area contributed by atoms with Crippen LogP contribution >= 0.6 is 0 Å². The molecule has 0 N–H and O–H groups in total. The highest BCUT2D eigenvalue weighted by Gasteiger charge is 2.41. The summed E-state index contributed by atoms with van der Waals surface area (Å²) in [5, 5.41) is 0. The normalized spacial score (nSPS) is 22.0. The number of carbonyl (C=O) groups is 2. The van der Waals surface area contributed by atoms with Crippen LogP contribution in [0.4, 0.5) is 5.69 Å². The Kier molecular flexibility index (Phi) is 6.24. The Bertz CT molecular complexity index is 997. The molecule has 0 bridgehead atoms. The molecule has 2 saturated heterocycles. The van der Waals surface area contributed by atoms with Gasteiger partial charge in [-0.3, -0.25) is 9.59 Å². The molecule has 2 amide bonds. The molecule has 1 atom stereocenters. The molecular weight excluding hydrogens is 410 g/mol. The van der Waals surface area contributed by atoms with E-state index in [1.54, 1.807) is 23.1 Å². The van der Waals surface area contributed by atoms with E-state index >= 15 is 0 Å². The number of piperidine rings is 1. The van der Waals surface area contributed by atoms with E-state index in [4.69, 9.17) is 0 Å². The Morgan fingerprint density at radius 3 is 2.48 bits per heavy atom. The van der Waals surface area contributed by atoms with Gasteiger partial charge in [0.15, 0.2) is 0 Å². The average molecular weight is 446 g/mol. The summed E-state index contributed by atoms with van der Waals surface area (Å²) in [7, 11) is 1.79. The fourth-order valence-electron chi connectivity index (χ4n) is 6.16. The lowest BCUT2D eigenvalue weighted by Gasteiger charge is -2.40. The molecule has 5 heteroatoms. The number of nitrogens with zero attached hydrogens (tertiary/aromatic N) is 3. The first-order chi connectivity index (χ1) is 16.1. The summed E-state index contributed by atoms with van der Waals surface area (Å²) in [5.41, 5.74) is 4.48. The molecule has 2 heterocycles. The lowest BCUT2D eigenvalue weighted by atomic mass is 9.74. The van der Waals surface area contributed by atoms with E-state index in [0.717, 1.165) is 31.7 Å². The van der Waals surface area contributed by atoms with Crippen LogP contribution in [-0.4, -0.2) is 61.4 Å². The van der Waals surface area contributed by atoms with Gasteiger partial charge in [-0.2, -0.15) is 0 Å². The van der Waals surface area contributed by atoms with Gasteiger partial charge >= 0.3 is 0 Å². The molecule has 1 aliphatic carbocycles. The van der Waals surface area contributed by atoms with E-state index in [9.17, 15) is 9.59 Å². The van der Waals surface area contributed by atoms with Crippen molar-refractivity contribution in [2.75, 3.05) is 44.7 Å². The minimum Gasteiger partial charge on any atom is -0.345 e. The van der Waals surface area contributed by atoms with Crippen LogP contribution in [0.5, 0.6) is 0 Å². The van der Waals surface area contributed by atoms with Crippen LogP contribution in [0.25, 0.3) is 0 Å². The van der Waals surface area contributed by atoms with E-state index < -0.39 is 0 Å². The van der Waals surface area contributed by atoms with Gasteiger partial charge in [0.1, 0.15) is 0 Å². The van der Waals surface area contributed by atoms with Gasteiger partial charge in [0.05, 0.1) is 5.92 Å². The van der Waals surface area contributed by atoms with Gasteiger partial charge in [-0.15, -0.1) is 0 Å². The van der Waals surface area contributed by atoms with Crippen molar-refractivity contribution in [2.24, 2.45) is 5.92 Å². The predicted molar refractivity (Wildman–Crippen MR) is 131 cm³/mol. The van der Waals surface area contributed by atoms with Crippen LogP contribution in [-0.2, 0) is 21.4 Å². The minimum absolute atomic E-state index is 0.0668. The Morgan fingerprint density at radius 1 is 1.03 bits per heavy atom. The number of benzene rings is 2. The predicted octanol–water partition coefficient (Wildman–Crippen LogP) is 3.87. The van der Waals surface area contributed by atoms with Crippen molar-refractivity contribution in [1.29, 1.82) is 0 Å². The monoisotopic (exact) mass is 445 g/mol. The summed E-state index contributed by atoms with van der Waals surface area (Å²) in [6, 6.07) is 19.0. The molecule has 0 radical (unpaired) electrons. The zero-order chi connectivity index (χ0) is 22.8. The first-order valence-electron chi connectivity index (χ1n) is 12.5. The molecular formula is C28H35N3O2. The quantitative estimate of drug-likeness (QED) is 0.678. The van der Waals surface area contributed by atoms with Crippen LogP contribution in [0.1, 0.15) is 43.2 Å². The third-order valence-electron chi connectivity index (χ3n) is 8.15. The van der Waals surface area contributed by atoms with E-state index in [2.05, 4.69) is 29.2 Å². The number of hydrogen-bond donors (Lipinski definition) is 0. The lowest BCUT2D eigenvalue weighted by molar-refractivity contribution is -0.127. The first-order valence-corrected chi connectivity index (χ1v) is 12.5. The topological polar surface area (TPSA) is 43.9 Å². The average Bonchev–Trinajstić information content (AvgIpc) is 3.38. The molecule has 2 aromatic carbocycles. The van der Waals surface area contributed by atoms with Crippen molar-refractivity contribution in [2.45, 2.75) is 43.9 Å². The van der Waals surface area contributed by atoms with Gasteiger partial charge in [0, 0.05) is 32.2 Å². The molecule has 0 aromatic heterocycles. The summed E-state index contributed by atoms with van der Waals surface area (Å²) < 4.78 is 0. The molecule has 2 fully saturated rings. The molecule has 174 valence electrons. The van der Waals surface area contributed by atoms with Crippen LogP contribution in [0, 0.1) is 5.92 Å².